The van der Waals surface area contributed by atoms with Crippen LogP contribution >= 0.6 is 11.3 Å². The number of amides is 1. The number of alkyl halides is 2. The quantitative estimate of drug-likeness (QED) is 0.285. The Labute approximate surface area is 237 Å². The van der Waals surface area contributed by atoms with E-state index >= 15 is 0 Å². The van der Waals surface area contributed by atoms with Crippen LogP contribution in [0.1, 0.15) is 72.4 Å². The number of nitrogens with one attached hydrogen (secondary N) is 1. The van der Waals surface area contributed by atoms with Crippen molar-refractivity contribution in [1.29, 1.82) is 0 Å². The van der Waals surface area contributed by atoms with E-state index in [4.69, 9.17) is 4.98 Å². The topological polar surface area (TPSA) is 137 Å². The normalized spacial score (nSPS) is 17.8. The lowest BCUT2D eigenvalue weighted by Crippen LogP contribution is -2.39. The van der Waals surface area contributed by atoms with E-state index < -0.39 is 17.9 Å². The van der Waals surface area contributed by atoms with Crippen LogP contribution in [0.2, 0.25) is 0 Å². The van der Waals surface area contributed by atoms with Gasteiger partial charge in [-0.05, 0) is 51.7 Å². The fourth-order valence-corrected chi connectivity index (χ4v) is 5.74. The van der Waals surface area contributed by atoms with Gasteiger partial charge in [-0.3, -0.25) is 9.78 Å². The van der Waals surface area contributed by atoms with E-state index in [2.05, 4.69) is 35.0 Å². The molecular weight excluding hydrogens is 552 g/mol. The lowest BCUT2D eigenvalue weighted by atomic mass is 9.90. The molecule has 5 heterocycles. The van der Waals surface area contributed by atoms with Crippen molar-refractivity contribution in [3.63, 3.8) is 0 Å². The van der Waals surface area contributed by atoms with Crippen LogP contribution < -0.4 is 5.32 Å². The van der Waals surface area contributed by atoms with Gasteiger partial charge in [0, 0.05) is 30.5 Å². The maximum Gasteiger partial charge on any atom is 0.280 e. The van der Waals surface area contributed by atoms with Crippen molar-refractivity contribution in [1.82, 2.24) is 44.8 Å². The lowest BCUT2D eigenvalue weighted by Gasteiger charge is -2.31. The Bertz CT molecular complexity index is 1690. The highest BCUT2D eigenvalue weighted by molar-refractivity contribution is 7.13. The summed E-state index contributed by atoms with van der Waals surface area (Å²) in [5.41, 5.74) is 1.42. The van der Waals surface area contributed by atoms with Crippen LogP contribution in [-0.2, 0) is 5.60 Å². The third kappa shape index (κ3) is 5.44. The molecule has 0 radical (unpaired) electrons. The number of thiazole rings is 1. The molecule has 1 saturated carbocycles. The fraction of sp³-hybridized carbons (Fsp3) is 0.370. The van der Waals surface area contributed by atoms with Gasteiger partial charge in [-0.2, -0.15) is 5.10 Å². The van der Waals surface area contributed by atoms with Gasteiger partial charge >= 0.3 is 0 Å². The molecular formula is C27H27F2N9O2S. The molecule has 0 spiro atoms. The standard InChI is InChI=1S/C27H27F2N9O2S/c1-27(2,40)21-14-33-38(36-21)22-11-19-18(12-31-22)35-24(17-8-3-4-9-30-17)37(19)16-7-5-6-15(10-16)34-25(39)26-32-13-20(41-26)23(28)29/h3-4,8-9,11-16,23,40H,5-7,10H2,1-2H3,(H,34,39). The molecule has 41 heavy (non-hydrogen) atoms. The summed E-state index contributed by atoms with van der Waals surface area (Å²) in [6.45, 7) is 3.27. The van der Waals surface area contributed by atoms with E-state index in [0.29, 0.717) is 46.3 Å². The van der Waals surface area contributed by atoms with Crippen molar-refractivity contribution < 1.29 is 18.7 Å². The summed E-state index contributed by atoms with van der Waals surface area (Å²) in [6, 6.07) is 7.25. The molecule has 1 fully saturated rings. The van der Waals surface area contributed by atoms with Crippen molar-refractivity contribution in [2.45, 2.75) is 63.6 Å². The minimum atomic E-state index is -2.66. The third-order valence-corrected chi connectivity index (χ3v) is 8.06. The zero-order chi connectivity index (χ0) is 28.7. The average molecular weight is 580 g/mol. The number of aromatic nitrogens is 8. The van der Waals surface area contributed by atoms with Gasteiger partial charge in [-0.25, -0.2) is 23.7 Å². The molecule has 5 aromatic rings. The molecule has 2 N–H and O–H groups in total. The van der Waals surface area contributed by atoms with Crippen LogP contribution in [0.5, 0.6) is 0 Å². The number of halogens is 2. The number of fused-ring (bicyclic) bond motifs is 1. The van der Waals surface area contributed by atoms with Crippen LogP contribution in [0, 0.1) is 0 Å². The molecule has 0 saturated heterocycles. The van der Waals surface area contributed by atoms with E-state index in [1.165, 1.54) is 11.0 Å². The van der Waals surface area contributed by atoms with Crippen LogP contribution in [0.3, 0.4) is 0 Å². The minimum Gasteiger partial charge on any atom is -0.384 e. The Balaban J connectivity index is 1.35. The number of imidazole rings is 1. The van der Waals surface area contributed by atoms with Crippen molar-refractivity contribution in [3.8, 4) is 17.3 Å². The fourth-order valence-electron chi connectivity index (χ4n) is 5.07. The van der Waals surface area contributed by atoms with Gasteiger partial charge in [0.15, 0.2) is 16.6 Å². The molecule has 1 aliphatic carbocycles. The summed E-state index contributed by atoms with van der Waals surface area (Å²) in [4.78, 5) is 31.8. The maximum absolute atomic E-state index is 13.0. The lowest BCUT2D eigenvalue weighted by molar-refractivity contribution is 0.0734. The number of carbonyl (C=O) groups is 1. The zero-order valence-electron chi connectivity index (χ0n) is 22.3. The Kier molecular flexibility index (Phi) is 7.03. The second kappa shape index (κ2) is 10.7. The average Bonchev–Trinajstić information content (AvgIpc) is 3.72. The second-order valence-corrected chi connectivity index (χ2v) is 11.6. The molecule has 0 aliphatic heterocycles. The maximum atomic E-state index is 13.0. The summed E-state index contributed by atoms with van der Waals surface area (Å²) < 4.78 is 28.1. The van der Waals surface area contributed by atoms with Crippen LogP contribution in [0.15, 0.2) is 49.1 Å². The van der Waals surface area contributed by atoms with Crippen molar-refractivity contribution >= 4 is 28.3 Å². The third-order valence-electron chi connectivity index (χ3n) is 7.06. The largest absolute Gasteiger partial charge is 0.384 e. The predicted molar refractivity (Wildman–Crippen MR) is 147 cm³/mol. The summed E-state index contributed by atoms with van der Waals surface area (Å²) in [6.07, 6.45) is 6.29. The molecule has 11 nitrogen and oxygen atoms in total. The van der Waals surface area contributed by atoms with Crippen LogP contribution in [0.4, 0.5) is 8.78 Å². The van der Waals surface area contributed by atoms with E-state index in [1.807, 2.05) is 24.3 Å². The summed E-state index contributed by atoms with van der Waals surface area (Å²) in [5.74, 6) is 0.677. The number of hydrogen-bond acceptors (Lipinski definition) is 9. The highest BCUT2D eigenvalue weighted by Gasteiger charge is 2.30. The van der Waals surface area contributed by atoms with Crippen LogP contribution in [-0.4, -0.2) is 56.6 Å². The van der Waals surface area contributed by atoms with Gasteiger partial charge in [0.1, 0.15) is 22.5 Å². The predicted octanol–water partition coefficient (Wildman–Crippen LogP) is 4.61. The highest BCUT2D eigenvalue weighted by Crippen LogP contribution is 2.36. The highest BCUT2D eigenvalue weighted by atomic mass is 32.1. The molecule has 1 aliphatic rings. The van der Waals surface area contributed by atoms with E-state index in [9.17, 15) is 18.7 Å². The summed E-state index contributed by atoms with van der Waals surface area (Å²) in [7, 11) is 0. The Morgan fingerprint density at radius 2 is 2.02 bits per heavy atom. The number of nitrogens with zero attached hydrogens (tertiary/aromatic N) is 8. The number of rotatable bonds is 7. The van der Waals surface area contributed by atoms with Gasteiger partial charge < -0.3 is 15.0 Å². The Morgan fingerprint density at radius 1 is 1.17 bits per heavy atom. The molecule has 2 atom stereocenters. The van der Waals surface area contributed by atoms with E-state index in [-0.39, 0.29) is 22.0 Å². The first-order valence-corrected chi connectivity index (χ1v) is 14.0. The molecule has 1 amide bonds. The molecule has 14 heteroatoms. The first-order valence-electron chi connectivity index (χ1n) is 13.2. The first-order chi connectivity index (χ1) is 19.7. The number of carbonyl (C=O) groups excluding carboxylic acids is 1. The molecule has 0 aromatic carbocycles. The van der Waals surface area contributed by atoms with Crippen LogP contribution in [0.25, 0.3) is 28.4 Å². The number of aliphatic hydroxyl groups is 1. The van der Waals surface area contributed by atoms with E-state index in [1.54, 1.807) is 26.2 Å². The minimum absolute atomic E-state index is 0.0255. The van der Waals surface area contributed by atoms with E-state index in [0.717, 1.165) is 31.0 Å². The first kappa shape index (κ1) is 27.0. The molecule has 6 rings (SSSR count). The van der Waals surface area contributed by atoms with Crippen molar-refractivity contribution in [2.24, 2.45) is 0 Å². The monoisotopic (exact) mass is 579 g/mol. The number of pyridine rings is 2. The van der Waals surface area contributed by atoms with Gasteiger partial charge in [0.2, 0.25) is 0 Å². The summed E-state index contributed by atoms with van der Waals surface area (Å²) in [5, 5.41) is 22.0. The van der Waals surface area contributed by atoms with Gasteiger partial charge in [0.05, 0.1) is 22.8 Å². The van der Waals surface area contributed by atoms with Gasteiger partial charge in [0.25, 0.3) is 12.3 Å². The molecule has 212 valence electrons. The van der Waals surface area contributed by atoms with Crippen molar-refractivity contribution in [2.75, 3.05) is 0 Å². The van der Waals surface area contributed by atoms with Gasteiger partial charge in [-0.15, -0.1) is 21.2 Å². The van der Waals surface area contributed by atoms with Gasteiger partial charge in [-0.1, -0.05) is 6.07 Å². The number of hydrogen-bond donors (Lipinski definition) is 2. The van der Waals surface area contributed by atoms with Crippen molar-refractivity contribution in [3.05, 3.63) is 64.6 Å². The smallest absolute Gasteiger partial charge is 0.280 e. The second-order valence-electron chi connectivity index (χ2n) is 10.5. The zero-order valence-corrected chi connectivity index (χ0v) is 23.1. The SMILES string of the molecule is CC(C)(O)c1cnn(-c2cc3c(cn2)nc(-c2ccccn2)n3C2CCCC(NC(=O)c3ncc(C(F)F)s3)C2)n1. The Morgan fingerprint density at radius 3 is 2.73 bits per heavy atom. The molecule has 2 unspecified atom stereocenters. The molecule has 0 bridgehead atoms. The molecule has 5 aromatic heterocycles. The summed E-state index contributed by atoms with van der Waals surface area (Å²) >= 11 is 0.707. The Hall–Kier alpha value is -4.17.